The van der Waals surface area contributed by atoms with E-state index in [9.17, 15) is 0 Å². The number of aromatic nitrogens is 1. The van der Waals surface area contributed by atoms with Crippen LogP contribution in [0.5, 0.6) is 0 Å². The van der Waals surface area contributed by atoms with Gasteiger partial charge in [0.05, 0.1) is 16.6 Å². The lowest BCUT2D eigenvalue weighted by Gasteiger charge is -2.26. The Kier molecular flexibility index (Phi) is 8.53. The van der Waals surface area contributed by atoms with E-state index in [4.69, 9.17) is 4.42 Å². The Labute approximate surface area is 376 Å². The fraction of sp³-hybridized carbons (Fsp3) is 0. The molecule has 0 spiro atoms. The minimum atomic E-state index is 0.864. The van der Waals surface area contributed by atoms with Crippen molar-refractivity contribution in [2.24, 2.45) is 0 Å². The molecule has 13 rings (SSSR count). The molecule has 3 aromatic heterocycles. The van der Waals surface area contributed by atoms with Crippen LogP contribution >= 0.6 is 0 Å². The van der Waals surface area contributed by atoms with Crippen molar-refractivity contribution in [2.75, 3.05) is 4.90 Å². The Bertz CT molecular complexity index is 3900. The number of para-hydroxylation sites is 2. The van der Waals surface area contributed by atoms with Crippen molar-refractivity contribution in [1.82, 2.24) is 4.40 Å². The number of furan rings is 1. The molecule has 3 heterocycles. The highest BCUT2D eigenvalue weighted by molar-refractivity contribution is 6.22. The Morgan fingerprint density at radius 1 is 0.277 bits per heavy atom. The highest BCUT2D eigenvalue weighted by Crippen LogP contribution is 2.44. The summed E-state index contributed by atoms with van der Waals surface area (Å²) in [5, 5.41) is 7.22. The molecule has 3 heteroatoms. The first-order valence-electron chi connectivity index (χ1n) is 22.2. The lowest BCUT2D eigenvalue weighted by atomic mass is 9.97. The summed E-state index contributed by atoms with van der Waals surface area (Å²) in [4.78, 5) is 2.33. The second kappa shape index (κ2) is 15.0. The van der Waals surface area contributed by atoms with Crippen LogP contribution in [0.4, 0.5) is 17.1 Å². The Balaban J connectivity index is 0.926. The van der Waals surface area contributed by atoms with Gasteiger partial charge < -0.3 is 13.7 Å². The van der Waals surface area contributed by atoms with Crippen molar-refractivity contribution < 1.29 is 4.42 Å². The molecule has 3 nitrogen and oxygen atoms in total. The molecular formula is C62H40N2O. The third-order valence-electron chi connectivity index (χ3n) is 13.2. The van der Waals surface area contributed by atoms with Crippen LogP contribution in [0.2, 0.25) is 0 Å². The smallest absolute Gasteiger partial charge is 0.137 e. The Hall–Kier alpha value is -8.66. The van der Waals surface area contributed by atoms with E-state index >= 15 is 0 Å². The molecule has 0 aliphatic rings. The van der Waals surface area contributed by atoms with Crippen molar-refractivity contribution in [1.29, 1.82) is 0 Å². The van der Waals surface area contributed by atoms with Crippen LogP contribution in [0.25, 0.3) is 105 Å². The molecule has 13 aromatic rings. The van der Waals surface area contributed by atoms with Gasteiger partial charge in [-0.2, -0.15) is 0 Å². The largest absolute Gasteiger partial charge is 0.456 e. The topological polar surface area (TPSA) is 20.8 Å². The van der Waals surface area contributed by atoms with Gasteiger partial charge in [0.1, 0.15) is 11.2 Å². The van der Waals surface area contributed by atoms with Gasteiger partial charge in [0.15, 0.2) is 0 Å². The number of hydrogen-bond donors (Lipinski definition) is 0. The summed E-state index contributed by atoms with van der Waals surface area (Å²) in [5.41, 5.74) is 18.1. The van der Waals surface area contributed by atoms with Crippen LogP contribution in [0.3, 0.4) is 0 Å². The maximum Gasteiger partial charge on any atom is 0.137 e. The molecule has 0 atom stereocenters. The van der Waals surface area contributed by atoms with E-state index in [1.165, 1.54) is 71.5 Å². The molecule has 65 heavy (non-hydrogen) atoms. The lowest BCUT2D eigenvalue weighted by Crippen LogP contribution is -2.09. The van der Waals surface area contributed by atoms with Gasteiger partial charge >= 0.3 is 0 Å². The molecule has 0 fully saturated rings. The zero-order chi connectivity index (χ0) is 42.8. The standard InChI is InChI=1S/C62H40N2O/c1-3-13-41(14-4-1)42-23-25-43(26-24-42)44-27-32-48(33-28-44)63(50-36-38-54-53-18-10-12-22-59(53)65-60(54)40-50)49-34-29-45(30-35-49)47-31-37-52-51-17-7-8-19-55(51)62-61(46-15-5-2-6-16-46)56-20-9-11-21-57(56)64(62)58(52)39-47/h1-40H. The van der Waals surface area contributed by atoms with E-state index in [0.717, 1.165) is 50.1 Å². The summed E-state index contributed by atoms with van der Waals surface area (Å²) >= 11 is 0. The van der Waals surface area contributed by atoms with Gasteiger partial charge in [0, 0.05) is 55.6 Å². The summed E-state index contributed by atoms with van der Waals surface area (Å²) < 4.78 is 8.92. The molecular weight excluding hydrogens is 789 g/mol. The predicted molar refractivity (Wildman–Crippen MR) is 274 cm³/mol. The first kappa shape index (κ1) is 36.9. The molecule has 10 aromatic carbocycles. The number of rotatable bonds is 7. The van der Waals surface area contributed by atoms with Crippen LogP contribution in [-0.4, -0.2) is 4.40 Å². The van der Waals surface area contributed by atoms with E-state index < -0.39 is 0 Å². The number of pyridine rings is 1. The molecule has 0 N–H and O–H groups in total. The molecule has 0 bridgehead atoms. The predicted octanol–water partition coefficient (Wildman–Crippen LogP) is 17.4. The number of anilines is 3. The maximum atomic E-state index is 6.43. The fourth-order valence-corrected chi connectivity index (χ4v) is 10.1. The molecule has 304 valence electrons. The summed E-state index contributed by atoms with van der Waals surface area (Å²) in [6.07, 6.45) is 0. The van der Waals surface area contributed by atoms with E-state index in [1.807, 2.05) is 12.1 Å². The quantitative estimate of drug-likeness (QED) is 0.149. The monoisotopic (exact) mass is 828 g/mol. The van der Waals surface area contributed by atoms with E-state index in [1.54, 1.807) is 0 Å². The van der Waals surface area contributed by atoms with Gasteiger partial charge in [-0.25, -0.2) is 0 Å². The summed E-state index contributed by atoms with van der Waals surface area (Å²) in [7, 11) is 0. The average Bonchev–Trinajstić information content (AvgIpc) is 3.94. The minimum absolute atomic E-state index is 0.864. The summed E-state index contributed by atoms with van der Waals surface area (Å²) in [5.74, 6) is 0. The van der Waals surface area contributed by atoms with E-state index in [-0.39, 0.29) is 0 Å². The van der Waals surface area contributed by atoms with E-state index in [0.29, 0.717) is 0 Å². The maximum absolute atomic E-state index is 6.43. The summed E-state index contributed by atoms with van der Waals surface area (Å²) in [6.45, 7) is 0. The van der Waals surface area contributed by atoms with Gasteiger partial charge in [-0.3, -0.25) is 0 Å². The van der Waals surface area contributed by atoms with Crippen molar-refractivity contribution in [3.63, 3.8) is 0 Å². The second-order valence-electron chi connectivity index (χ2n) is 16.9. The molecule has 0 saturated heterocycles. The second-order valence-corrected chi connectivity index (χ2v) is 16.9. The van der Waals surface area contributed by atoms with Gasteiger partial charge in [-0.05, 0) is 98.9 Å². The van der Waals surface area contributed by atoms with Crippen LogP contribution in [0.15, 0.2) is 247 Å². The Morgan fingerprint density at radius 3 is 1.42 bits per heavy atom. The third kappa shape index (κ3) is 6.12. The van der Waals surface area contributed by atoms with Crippen molar-refractivity contribution in [3.05, 3.63) is 243 Å². The van der Waals surface area contributed by atoms with Crippen molar-refractivity contribution >= 4 is 77.1 Å². The first-order chi connectivity index (χ1) is 32.2. The SMILES string of the molecule is c1ccc(-c2ccc(-c3ccc(N(c4ccc(-c5ccc6c7ccccc7c7c(-c8ccccc8)c8ccccc8n7c6c5)cc4)c4ccc5c(c4)oc4ccccc45)cc3)cc2)cc1. The van der Waals surface area contributed by atoms with E-state index in [2.05, 4.69) is 240 Å². The highest BCUT2D eigenvalue weighted by atomic mass is 16.3. The lowest BCUT2D eigenvalue weighted by molar-refractivity contribution is 0.669. The fourth-order valence-electron chi connectivity index (χ4n) is 10.1. The molecule has 0 unspecified atom stereocenters. The molecule has 0 aliphatic carbocycles. The minimum Gasteiger partial charge on any atom is -0.456 e. The highest BCUT2D eigenvalue weighted by Gasteiger charge is 2.20. The molecule has 0 radical (unpaired) electrons. The van der Waals surface area contributed by atoms with Gasteiger partial charge in [-0.1, -0.05) is 182 Å². The molecule has 0 aliphatic heterocycles. The number of benzene rings is 10. The normalized spacial score (nSPS) is 11.7. The van der Waals surface area contributed by atoms with Gasteiger partial charge in [0.25, 0.3) is 0 Å². The van der Waals surface area contributed by atoms with Crippen molar-refractivity contribution in [3.8, 4) is 44.5 Å². The number of fused-ring (bicyclic) bond motifs is 11. The zero-order valence-electron chi connectivity index (χ0n) is 35.4. The van der Waals surface area contributed by atoms with Crippen molar-refractivity contribution in [2.45, 2.75) is 0 Å². The molecule has 0 amide bonds. The summed E-state index contributed by atoms with van der Waals surface area (Å²) in [6, 6.07) is 87.6. The Morgan fingerprint density at radius 2 is 0.738 bits per heavy atom. The van der Waals surface area contributed by atoms with Crippen LogP contribution in [0, 0.1) is 0 Å². The van der Waals surface area contributed by atoms with Crippen LogP contribution in [-0.2, 0) is 0 Å². The average molecular weight is 829 g/mol. The van der Waals surface area contributed by atoms with Gasteiger partial charge in [0.2, 0.25) is 0 Å². The molecule has 0 saturated carbocycles. The first-order valence-corrected chi connectivity index (χ1v) is 22.2. The zero-order valence-corrected chi connectivity index (χ0v) is 35.4. The van der Waals surface area contributed by atoms with Crippen LogP contribution < -0.4 is 4.90 Å². The van der Waals surface area contributed by atoms with Gasteiger partial charge in [-0.15, -0.1) is 0 Å². The van der Waals surface area contributed by atoms with Crippen LogP contribution in [0.1, 0.15) is 0 Å². The number of hydrogen-bond acceptors (Lipinski definition) is 2. The number of nitrogens with zero attached hydrogens (tertiary/aromatic N) is 2. The third-order valence-corrected chi connectivity index (χ3v) is 13.2.